The number of benzene rings is 2. The molecule has 7 heteroatoms. The Balaban J connectivity index is 1.93. The lowest BCUT2D eigenvalue weighted by Gasteiger charge is -2.06. The van der Waals surface area contributed by atoms with E-state index >= 15 is 0 Å². The van der Waals surface area contributed by atoms with Gasteiger partial charge in [0.1, 0.15) is 5.82 Å². The highest BCUT2D eigenvalue weighted by Crippen LogP contribution is 2.20. The number of nitrogens with one attached hydrogen (secondary N) is 1. The molecule has 1 N–H and O–H groups in total. The van der Waals surface area contributed by atoms with Gasteiger partial charge in [0.2, 0.25) is 0 Å². The van der Waals surface area contributed by atoms with Crippen molar-refractivity contribution in [3.63, 3.8) is 0 Å². The van der Waals surface area contributed by atoms with E-state index in [1.807, 2.05) is 0 Å². The molecule has 0 atom stereocenters. The Morgan fingerprint density at radius 2 is 2.05 bits per heavy atom. The van der Waals surface area contributed by atoms with Gasteiger partial charge in [0.25, 0.3) is 5.91 Å². The number of hydrogen-bond donors (Lipinski definition) is 1. The zero-order valence-corrected chi connectivity index (χ0v) is 13.0. The minimum absolute atomic E-state index is 0.188. The highest BCUT2D eigenvalue weighted by atomic mass is 79.9. The van der Waals surface area contributed by atoms with Gasteiger partial charge in [-0.2, -0.15) is 0 Å². The molecule has 112 valence electrons. The molecule has 5 nitrogen and oxygen atoms in total. The van der Waals surface area contributed by atoms with Crippen LogP contribution in [0.2, 0.25) is 0 Å². The number of carbonyl (C=O) groups excluding carboxylic acids is 1. The molecule has 2 aromatic carbocycles. The molecule has 0 saturated heterocycles. The van der Waals surface area contributed by atoms with E-state index < -0.39 is 17.5 Å². The number of fused-ring (bicyclic) bond motifs is 1. The summed E-state index contributed by atoms with van der Waals surface area (Å²) < 4.78 is 20.2. The van der Waals surface area contributed by atoms with E-state index in [1.165, 1.54) is 16.7 Å². The van der Waals surface area contributed by atoms with Crippen molar-refractivity contribution in [3.8, 4) is 0 Å². The van der Waals surface area contributed by atoms with Crippen LogP contribution in [0.1, 0.15) is 10.4 Å². The maximum atomic E-state index is 13.3. The molecule has 0 aliphatic carbocycles. The summed E-state index contributed by atoms with van der Waals surface area (Å²) >= 11 is 3.14. The lowest BCUT2D eigenvalue weighted by Crippen LogP contribution is -2.12. The number of hydrogen-bond acceptors (Lipinski definition) is 3. The summed E-state index contributed by atoms with van der Waals surface area (Å²) in [6.45, 7) is 0. The second-order valence-corrected chi connectivity index (χ2v) is 5.64. The summed E-state index contributed by atoms with van der Waals surface area (Å²) in [6, 6.07) is 8.75. The lowest BCUT2D eigenvalue weighted by atomic mass is 10.2. The first-order chi connectivity index (χ1) is 10.4. The van der Waals surface area contributed by atoms with Crippen LogP contribution in [0.25, 0.3) is 11.1 Å². The van der Waals surface area contributed by atoms with Gasteiger partial charge >= 0.3 is 5.76 Å². The van der Waals surface area contributed by atoms with E-state index in [1.54, 1.807) is 25.2 Å². The van der Waals surface area contributed by atoms with E-state index in [9.17, 15) is 14.0 Å². The molecule has 22 heavy (non-hydrogen) atoms. The van der Waals surface area contributed by atoms with Gasteiger partial charge in [-0.1, -0.05) is 15.9 Å². The Labute approximate surface area is 132 Å². The van der Waals surface area contributed by atoms with Crippen LogP contribution in [0.3, 0.4) is 0 Å². The quantitative estimate of drug-likeness (QED) is 0.758. The number of amides is 1. The molecule has 0 fully saturated rings. The van der Waals surface area contributed by atoms with E-state index in [0.29, 0.717) is 21.3 Å². The van der Waals surface area contributed by atoms with Gasteiger partial charge in [0.05, 0.1) is 5.52 Å². The summed E-state index contributed by atoms with van der Waals surface area (Å²) in [6.07, 6.45) is 0. The zero-order chi connectivity index (χ0) is 15.9. The van der Waals surface area contributed by atoms with Gasteiger partial charge in [0, 0.05) is 22.8 Å². The van der Waals surface area contributed by atoms with Crippen molar-refractivity contribution in [2.24, 2.45) is 7.05 Å². The van der Waals surface area contributed by atoms with Crippen LogP contribution < -0.4 is 11.1 Å². The fourth-order valence-corrected chi connectivity index (χ4v) is 2.56. The maximum Gasteiger partial charge on any atom is 0.419 e. The number of rotatable bonds is 2. The second kappa shape index (κ2) is 5.42. The average Bonchev–Trinajstić information content (AvgIpc) is 2.73. The third-order valence-corrected chi connectivity index (χ3v) is 3.63. The SMILES string of the molecule is Cn1c(=O)oc2ccc(NC(=O)c3cc(F)cc(Br)c3)cc21. The number of aromatic nitrogens is 1. The molecular formula is C15H10BrFN2O3. The molecule has 0 spiro atoms. The summed E-state index contributed by atoms with van der Waals surface area (Å²) in [5, 5.41) is 2.66. The first-order valence-corrected chi connectivity index (χ1v) is 7.10. The summed E-state index contributed by atoms with van der Waals surface area (Å²) in [5.41, 5.74) is 1.66. The summed E-state index contributed by atoms with van der Waals surface area (Å²) in [5.74, 6) is -1.44. The van der Waals surface area contributed by atoms with Crippen LogP contribution in [-0.2, 0) is 7.05 Å². The van der Waals surface area contributed by atoms with Crippen LogP contribution in [0.4, 0.5) is 10.1 Å². The lowest BCUT2D eigenvalue weighted by molar-refractivity contribution is 0.102. The van der Waals surface area contributed by atoms with Gasteiger partial charge in [-0.15, -0.1) is 0 Å². The van der Waals surface area contributed by atoms with E-state index in [-0.39, 0.29) is 5.56 Å². The Morgan fingerprint density at radius 1 is 1.27 bits per heavy atom. The smallest absolute Gasteiger partial charge is 0.408 e. The second-order valence-electron chi connectivity index (χ2n) is 4.72. The van der Waals surface area contributed by atoms with Crippen molar-refractivity contribution in [2.45, 2.75) is 0 Å². The Kier molecular flexibility index (Phi) is 3.58. The van der Waals surface area contributed by atoms with Gasteiger partial charge in [-0.05, 0) is 36.4 Å². The Hall–Kier alpha value is -2.41. The van der Waals surface area contributed by atoms with Crippen molar-refractivity contribution in [1.29, 1.82) is 0 Å². The molecule has 3 aromatic rings. The zero-order valence-electron chi connectivity index (χ0n) is 11.4. The number of aryl methyl sites for hydroxylation is 1. The average molecular weight is 365 g/mol. The molecule has 0 radical (unpaired) electrons. The normalized spacial score (nSPS) is 10.9. The molecule has 0 bridgehead atoms. The first kappa shape index (κ1) is 14.5. The summed E-state index contributed by atoms with van der Waals surface area (Å²) in [7, 11) is 1.57. The maximum absolute atomic E-state index is 13.3. The minimum atomic E-state index is -0.507. The van der Waals surface area contributed by atoms with Gasteiger partial charge in [-0.3, -0.25) is 9.36 Å². The minimum Gasteiger partial charge on any atom is -0.408 e. The number of carbonyl (C=O) groups is 1. The topological polar surface area (TPSA) is 64.2 Å². The van der Waals surface area contributed by atoms with Crippen molar-refractivity contribution < 1.29 is 13.6 Å². The molecule has 0 aliphatic heterocycles. The van der Waals surface area contributed by atoms with Crippen LogP contribution >= 0.6 is 15.9 Å². The van der Waals surface area contributed by atoms with Crippen LogP contribution in [0.5, 0.6) is 0 Å². The Bertz CT molecular complexity index is 925. The molecular weight excluding hydrogens is 355 g/mol. The third-order valence-electron chi connectivity index (χ3n) is 3.17. The van der Waals surface area contributed by atoms with E-state index in [0.717, 1.165) is 6.07 Å². The first-order valence-electron chi connectivity index (χ1n) is 6.31. The molecule has 1 heterocycles. The van der Waals surface area contributed by atoms with Gasteiger partial charge in [0.15, 0.2) is 5.58 Å². The van der Waals surface area contributed by atoms with Crippen molar-refractivity contribution in [3.05, 3.63) is 62.8 Å². The van der Waals surface area contributed by atoms with Gasteiger partial charge in [-0.25, -0.2) is 9.18 Å². The molecule has 1 amide bonds. The van der Waals surface area contributed by atoms with Crippen molar-refractivity contribution >= 4 is 38.6 Å². The van der Waals surface area contributed by atoms with Crippen LogP contribution in [-0.4, -0.2) is 10.5 Å². The van der Waals surface area contributed by atoms with Crippen molar-refractivity contribution in [1.82, 2.24) is 4.57 Å². The fraction of sp³-hybridized carbons (Fsp3) is 0.0667. The van der Waals surface area contributed by atoms with Crippen molar-refractivity contribution in [2.75, 3.05) is 5.32 Å². The molecule has 0 saturated carbocycles. The Morgan fingerprint density at radius 3 is 2.77 bits per heavy atom. The van der Waals surface area contributed by atoms with Gasteiger partial charge < -0.3 is 9.73 Å². The molecule has 0 unspecified atom stereocenters. The number of oxazole rings is 1. The standard InChI is InChI=1S/C15H10BrFN2O3/c1-19-12-7-11(2-3-13(12)22-15(19)21)18-14(20)8-4-9(16)6-10(17)5-8/h2-7H,1H3,(H,18,20). The highest BCUT2D eigenvalue weighted by molar-refractivity contribution is 9.10. The molecule has 0 aliphatic rings. The predicted octanol–water partition coefficient (Wildman–Crippen LogP) is 3.29. The van der Waals surface area contributed by atoms with Crippen LogP contribution in [0, 0.1) is 5.82 Å². The highest BCUT2D eigenvalue weighted by Gasteiger charge is 2.11. The molecule has 3 rings (SSSR count). The number of anilines is 1. The van der Waals surface area contributed by atoms with E-state index in [4.69, 9.17) is 4.42 Å². The largest absolute Gasteiger partial charge is 0.419 e. The van der Waals surface area contributed by atoms with Crippen LogP contribution in [0.15, 0.2) is 50.1 Å². The number of nitrogens with zero attached hydrogens (tertiary/aromatic N) is 1. The van der Waals surface area contributed by atoms with E-state index in [2.05, 4.69) is 21.2 Å². The summed E-state index contributed by atoms with van der Waals surface area (Å²) in [4.78, 5) is 23.6. The predicted molar refractivity (Wildman–Crippen MR) is 83.5 cm³/mol. The fourth-order valence-electron chi connectivity index (χ4n) is 2.09. The number of halogens is 2. The monoisotopic (exact) mass is 364 g/mol. The molecule has 1 aromatic heterocycles. The third kappa shape index (κ3) is 2.67.